The maximum Gasteiger partial charge on any atom is 0.306 e. The summed E-state index contributed by atoms with van der Waals surface area (Å²) in [6, 6.07) is 0. The van der Waals surface area contributed by atoms with Crippen molar-refractivity contribution >= 4 is 5.97 Å². The fourth-order valence-electron chi connectivity index (χ4n) is 2.98. The lowest BCUT2D eigenvalue weighted by molar-refractivity contribution is -0.145. The van der Waals surface area contributed by atoms with Crippen LogP contribution in [0, 0.1) is 22.7 Å². The molecule has 0 fully saturated rings. The lowest BCUT2D eigenvalue weighted by atomic mass is 9.84. The van der Waals surface area contributed by atoms with Crippen LogP contribution in [0.1, 0.15) is 81.1 Å². The topological polar surface area (TPSA) is 26.3 Å². The molecule has 0 aromatic carbocycles. The number of hydrogen-bond acceptors (Lipinski definition) is 2. The Morgan fingerprint density at radius 3 is 1.80 bits per heavy atom. The largest absolute Gasteiger partial charge is 0.466 e. The Kier molecular flexibility index (Phi) is 7.83. The SMILES string of the molecule is C[C@H](CCOC(=O)C[C@@H](C)CC(C)(C)C)CC(C)(C)C. The summed E-state index contributed by atoms with van der Waals surface area (Å²) in [7, 11) is 0. The Balaban J connectivity index is 3.84. The molecule has 0 rings (SSSR count). The molecule has 0 saturated heterocycles. The fraction of sp³-hybridized carbons (Fsp3) is 0.944. The first-order valence-electron chi connectivity index (χ1n) is 8.05. The number of esters is 1. The van der Waals surface area contributed by atoms with Gasteiger partial charge in [0.05, 0.1) is 6.61 Å². The summed E-state index contributed by atoms with van der Waals surface area (Å²) in [5, 5.41) is 0. The quantitative estimate of drug-likeness (QED) is 0.581. The molecule has 0 saturated carbocycles. The summed E-state index contributed by atoms with van der Waals surface area (Å²) in [4.78, 5) is 11.8. The van der Waals surface area contributed by atoms with E-state index in [1.165, 1.54) is 6.42 Å². The van der Waals surface area contributed by atoms with E-state index in [4.69, 9.17) is 4.74 Å². The molecule has 0 amide bonds. The van der Waals surface area contributed by atoms with E-state index < -0.39 is 0 Å². The minimum Gasteiger partial charge on any atom is -0.466 e. The Bertz CT molecular complexity index is 281. The van der Waals surface area contributed by atoms with Crippen molar-refractivity contribution in [2.45, 2.75) is 81.1 Å². The fourth-order valence-corrected chi connectivity index (χ4v) is 2.98. The number of carbonyl (C=O) groups excluding carboxylic acids is 1. The maximum absolute atomic E-state index is 11.8. The van der Waals surface area contributed by atoms with E-state index in [0.717, 1.165) is 12.8 Å². The highest BCUT2D eigenvalue weighted by atomic mass is 16.5. The predicted molar refractivity (Wildman–Crippen MR) is 86.7 cm³/mol. The van der Waals surface area contributed by atoms with Gasteiger partial charge < -0.3 is 4.74 Å². The molecule has 0 aromatic rings. The predicted octanol–water partition coefficient (Wildman–Crippen LogP) is 5.45. The van der Waals surface area contributed by atoms with E-state index in [1.54, 1.807) is 0 Å². The van der Waals surface area contributed by atoms with Crippen LogP contribution in [0.2, 0.25) is 0 Å². The van der Waals surface area contributed by atoms with Gasteiger partial charge in [0, 0.05) is 6.42 Å². The van der Waals surface area contributed by atoms with Gasteiger partial charge in [-0.05, 0) is 41.9 Å². The highest BCUT2D eigenvalue weighted by molar-refractivity contribution is 5.69. The van der Waals surface area contributed by atoms with E-state index in [1.807, 2.05) is 0 Å². The summed E-state index contributed by atoms with van der Waals surface area (Å²) in [5.41, 5.74) is 0.631. The molecule has 0 heterocycles. The van der Waals surface area contributed by atoms with Crippen LogP contribution in [0.15, 0.2) is 0 Å². The zero-order chi connectivity index (χ0) is 16.0. The first-order chi connectivity index (χ1) is 8.89. The van der Waals surface area contributed by atoms with Crippen LogP contribution < -0.4 is 0 Å². The van der Waals surface area contributed by atoms with E-state index in [2.05, 4.69) is 55.4 Å². The second kappa shape index (κ2) is 8.05. The minimum atomic E-state index is -0.0373. The van der Waals surface area contributed by atoms with Gasteiger partial charge in [-0.25, -0.2) is 0 Å². The van der Waals surface area contributed by atoms with Crippen LogP contribution in [0.25, 0.3) is 0 Å². The molecule has 0 bridgehead atoms. The molecule has 20 heavy (non-hydrogen) atoms. The second-order valence-electron chi connectivity index (χ2n) is 8.95. The van der Waals surface area contributed by atoms with Crippen molar-refractivity contribution < 1.29 is 9.53 Å². The van der Waals surface area contributed by atoms with Gasteiger partial charge in [0.25, 0.3) is 0 Å². The van der Waals surface area contributed by atoms with E-state index in [0.29, 0.717) is 30.3 Å². The van der Waals surface area contributed by atoms with Crippen molar-refractivity contribution in [1.82, 2.24) is 0 Å². The number of ether oxygens (including phenoxy) is 1. The Hall–Kier alpha value is -0.530. The van der Waals surface area contributed by atoms with Gasteiger partial charge in [0.2, 0.25) is 0 Å². The van der Waals surface area contributed by atoms with E-state index >= 15 is 0 Å². The average molecular weight is 284 g/mol. The first kappa shape index (κ1) is 19.5. The van der Waals surface area contributed by atoms with Crippen molar-refractivity contribution in [3.8, 4) is 0 Å². The third-order valence-electron chi connectivity index (χ3n) is 3.31. The van der Waals surface area contributed by atoms with Crippen molar-refractivity contribution in [3.63, 3.8) is 0 Å². The molecular formula is C18H36O2. The second-order valence-corrected chi connectivity index (χ2v) is 8.95. The summed E-state index contributed by atoms with van der Waals surface area (Å²) in [6.07, 6.45) is 3.75. The molecule has 0 aliphatic rings. The summed E-state index contributed by atoms with van der Waals surface area (Å²) >= 11 is 0. The number of carbonyl (C=O) groups is 1. The van der Waals surface area contributed by atoms with Crippen LogP contribution in [0.3, 0.4) is 0 Å². The van der Waals surface area contributed by atoms with Crippen molar-refractivity contribution in [1.29, 1.82) is 0 Å². The Morgan fingerprint density at radius 1 is 0.900 bits per heavy atom. The highest BCUT2D eigenvalue weighted by Crippen LogP contribution is 2.27. The Labute approximate surface area is 126 Å². The molecule has 2 heteroatoms. The van der Waals surface area contributed by atoms with E-state index in [9.17, 15) is 4.79 Å². The monoisotopic (exact) mass is 284 g/mol. The third kappa shape index (κ3) is 12.5. The summed E-state index contributed by atoms with van der Waals surface area (Å²) in [5.74, 6) is 0.967. The zero-order valence-electron chi connectivity index (χ0n) is 15.0. The number of rotatable bonds is 7. The average Bonchev–Trinajstić information content (AvgIpc) is 2.10. The van der Waals surface area contributed by atoms with Gasteiger partial charge in [-0.3, -0.25) is 4.79 Å². The number of hydrogen-bond donors (Lipinski definition) is 0. The zero-order valence-corrected chi connectivity index (χ0v) is 15.0. The molecular weight excluding hydrogens is 248 g/mol. The molecule has 2 atom stereocenters. The molecule has 0 aliphatic heterocycles. The lowest BCUT2D eigenvalue weighted by Crippen LogP contribution is -2.17. The van der Waals surface area contributed by atoms with Crippen LogP contribution >= 0.6 is 0 Å². The van der Waals surface area contributed by atoms with Crippen LogP contribution in [-0.4, -0.2) is 12.6 Å². The molecule has 120 valence electrons. The molecule has 0 aliphatic carbocycles. The van der Waals surface area contributed by atoms with Crippen LogP contribution in [0.5, 0.6) is 0 Å². The van der Waals surface area contributed by atoms with Crippen molar-refractivity contribution in [3.05, 3.63) is 0 Å². The van der Waals surface area contributed by atoms with E-state index in [-0.39, 0.29) is 11.4 Å². The van der Waals surface area contributed by atoms with Gasteiger partial charge in [-0.15, -0.1) is 0 Å². The van der Waals surface area contributed by atoms with Gasteiger partial charge in [0.15, 0.2) is 0 Å². The van der Waals surface area contributed by atoms with Gasteiger partial charge >= 0.3 is 5.97 Å². The maximum atomic E-state index is 11.8. The van der Waals surface area contributed by atoms with Crippen LogP contribution in [0.4, 0.5) is 0 Å². The normalized spacial score (nSPS) is 15.8. The minimum absolute atomic E-state index is 0.0373. The summed E-state index contributed by atoms with van der Waals surface area (Å²) in [6.45, 7) is 18.3. The molecule has 0 radical (unpaired) electrons. The van der Waals surface area contributed by atoms with Gasteiger partial charge in [-0.2, -0.15) is 0 Å². The van der Waals surface area contributed by atoms with Crippen molar-refractivity contribution in [2.24, 2.45) is 22.7 Å². The molecule has 0 spiro atoms. The Morgan fingerprint density at radius 2 is 1.35 bits per heavy atom. The van der Waals surface area contributed by atoms with Gasteiger partial charge in [-0.1, -0.05) is 55.4 Å². The third-order valence-corrected chi connectivity index (χ3v) is 3.31. The first-order valence-corrected chi connectivity index (χ1v) is 8.05. The van der Waals surface area contributed by atoms with Gasteiger partial charge in [0.1, 0.15) is 0 Å². The summed E-state index contributed by atoms with van der Waals surface area (Å²) < 4.78 is 5.37. The standard InChI is InChI=1S/C18H36O2/c1-14(12-17(3,4)5)9-10-20-16(19)11-15(2)13-18(6,7)8/h14-15H,9-13H2,1-8H3/t14-,15-/m1/s1. The highest BCUT2D eigenvalue weighted by Gasteiger charge is 2.19. The van der Waals surface area contributed by atoms with Crippen molar-refractivity contribution in [2.75, 3.05) is 6.61 Å². The smallest absolute Gasteiger partial charge is 0.306 e. The molecule has 0 N–H and O–H groups in total. The molecule has 0 aromatic heterocycles. The molecule has 2 nitrogen and oxygen atoms in total. The molecule has 0 unspecified atom stereocenters. The van der Waals surface area contributed by atoms with Crippen LogP contribution in [-0.2, 0) is 9.53 Å². The lowest BCUT2D eigenvalue weighted by Gasteiger charge is -2.24.